The van der Waals surface area contributed by atoms with Crippen LogP contribution >= 0.6 is 0 Å². The molecule has 18 heavy (non-hydrogen) atoms. The van der Waals surface area contributed by atoms with Crippen LogP contribution in [-0.2, 0) is 4.43 Å². The maximum absolute atomic E-state index is 5.71. The normalized spacial score (nSPS) is 12.1. The van der Waals surface area contributed by atoms with Crippen molar-refractivity contribution in [3.05, 3.63) is 47.9 Å². The minimum atomic E-state index is -1.61. The lowest BCUT2D eigenvalue weighted by Crippen LogP contribution is -2.24. The van der Waals surface area contributed by atoms with E-state index in [0.717, 1.165) is 5.56 Å². The molecular weight excluding hydrogens is 238 g/mol. The second-order valence-electron chi connectivity index (χ2n) is 5.65. The molecular formula is C15H23NOSi. The van der Waals surface area contributed by atoms with Crippen LogP contribution in [0.25, 0.3) is 0 Å². The second-order valence-corrected chi connectivity index (χ2v) is 10.1. The summed E-state index contributed by atoms with van der Waals surface area (Å²) in [5, 5.41) is 0. The molecule has 0 bridgehead atoms. The highest BCUT2D eigenvalue weighted by Crippen LogP contribution is 2.18. The number of hydrogen-bond donors (Lipinski definition) is 0. The van der Waals surface area contributed by atoms with Crippen LogP contribution in [0.2, 0.25) is 19.6 Å². The van der Waals surface area contributed by atoms with Crippen LogP contribution in [0.1, 0.15) is 30.9 Å². The Labute approximate surface area is 112 Å². The molecule has 1 aromatic carbocycles. The smallest absolute Gasteiger partial charge is 0.244 e. The Morgan fingerprint density at radius 2 is 1.89 bits per heavy atom. The summed E-state index contributed by atoms with van der Waals surface area (Å²) in [6, 6.07) is 8.28. The molecule has 0 N–H and O–H groups in total. The first-order valence-corrected chi connectivity index (χ1v) is 9.71. The molecule has 0 atom stereocenters. The zero-order valence-corrected chi connectivity index (χ0v) is 13.0. The molecule has 1 rings (SSSR count). The Morgan fingerprint density at radius 3 is 2.44 bits per heavy atom. The van der Waals surface area contributed by atoms with Crippen LogP contribution in [0.3, 0.4) is 0 Å². The van der Waals surface area contributed by atoms with Crippen LogP contribution in [0, 0.1) is 0 Å². The van der Waals surface area contributed by atoms with E-state index in [9.17, 15) is 0 Å². The fraction of sp³-hybridized carbons (Fsp3) is 0.400. The first-order valence-electron chi connectivity index (χ1n) is 6.30. The third-order valence-electron chi connectivity index (χ3n) is 2.39. The van der Waals surface area contributed by atoms with Crippen molar-refractivity contribution in [2.24, 2.45) is 4.99 Å². The lowest BCUT2D eigenvalue weighted by molar-refractivity contribution is 0.421. The standard InChI is InChI=1S/C15H23NOSi/c1-12(2)15-10-8-7-9-14(15)11-16-13(3)17-18(4,5)6/h7-12H,3H2,1-2,4-6H3. The predicted molar refractivity (Wildman–Crippen MR) is 81.7 cm³/mol. The molecule has 0 amide bonds. The molecule has 0 aliphatic carbocycles. The van der Waals surface area contributed by atoms with Crippen LogP contribution in [0.5, 0.6) is 0 Å². The summed E-state index contributed by atoms with van der Waals surface area (Å²) in [7, 11) is -1.61. The van der Waals surface area contributed by atoms with Gasteiger partial charge < -0.3 is 4.43 Å². The molecule has 0 fully saturated rings. The van der Waals surface area contributed by atoms with Gasteiger partial charge in [0.1, 0.15) is 0 Å². The Balaban J connectivity index is 2.82. The van der Waals surface area contributed by atoms with Gasteiger partial charge in [-0.15, -0.1) is 0 Å². The average molecular weight is 261 g/mol. The largest absolute Gasteiger partial charge is 0.532 e. The first-order chi connectivity index (χ1) is 8.29. The van der Waals surface area contributed by atoms with Crippen molar-refractivity contribution in [2.45, 2.75) is 39.4 Å². The van der Waals surface area contributed by atoms with Crippen molar-refractivity contribution in [3.63, 3.8) is 0 Å². The fourth-order valence-electron chi connectivity index (χ4n) is 1.68. The van der Waals surface area contributed by atoms with Gasteiger partial charge in [-0.25, -0.2) is 4.99 Å². The Kier molecular flexibility index (Phi) is 4.90. The van der Waals surface area contributed by atoms with E-state index in [1.54, 1.807) is 0 Å². The minimum Gasteiger partial charge on any atom is -0.532 e. The van der Waals surface area contributed by atoms with E-state index in [-0.39, 0.29) is 0 Å². The Morgan fingerprint density at radius 1 is 1.28 bits per heavy atom. The van der Waals surface area contributed by atoms with E-state index in [0.29, 0.717) is 11.8 Å². The predicted octanol–water partition coefficient (Wildman–Crippen LogP) is 4.55. The van der Waals surface area contributed by atoms with Crippen LogP contribution in [0.15, 0.2) is 41.7 Å². The highest BCUT2D eigenvalue weighted by Gasteiger charge is 2.16. The van der Waals surface area contributed by atoms with Crippen molar-refractivity contribution in [1.29, 1.82) is 0 Å². The molecule has 3 heteroatoms. The summed E-state index contributed by atoms with van der Waals surface area (Å²) in [6.07, 6.45) is 1.85. The molecule has 0 saturated carbocycles. The molecule has 0 unspecified atom stereocenters. The third kappa shape index (κ3) is 4.88. The minimum absolute atomic E-state index is 0.485. The molecule has 0 aliphatic heterocycles. The number of nitrogens with zero attached hydrogens (tertiary/aromatic N) is 1. The van der Waals surface area contributed by atoms with E-state index in [2.05, 4.69) is 63.3 Å². The lowest BCUT2D eigenvalue weighted by Gasteiger charge is -2.18. The average Bonchev–Trinajstić information content (AvgIpc) is 2.24. The van der Waals surface area contributed by atoms with Gasteiger partial charge in [-0.3, -0.25) is 0 Å². The molecule has 0 radical (unpaired) electrons. The summed E-state index contributed by atoms with van der Waals surface area (Å²) in [5.74, 6) is 0.992. The molecule has 98 valence electrons. The van der Waals surface area contributed by atoms with E-state index >= 15 is 0 Å². The van der Waals surface area contributed by atoms with Gasteiger partial charge in [0.25, 0.3) is 0 Å². The van der Waals surface area contributed by atoms with Gasteiger partial charge in [0, 0.05) is 6.21 Å². The van der Waals surface area contributed by atoms with E-state index in [4.69, 9.17) is 4.43 Å². The van der Waals surface area contributed by atoms with Crippen LogP contribution < -0.4 is 0 Å². The highest BCUT2D eigenvalue weighted by molar-refractivity contribution is 6.70. The lowest BCUT2D eigenvalue weighted by atomic mass is 9.98. The van der Waals surface area contributed by atoms with Gasteiger partial charge in [-0.1, -0.05) is 38.1 Å². The SMILES string of the molecule is C=C(N=Cc1ccccc1C(C)C)O[Si](C)(C)C. The van der Waals surface area contributed by atoms with Gasteiger partial charge >= 0.3 is 0 Å². The van der Waals surface area contributed by atoms with Gasteiger partial charge in [-0.05, 0) is 43.3 Å². The molecule has 0 aliphatic rings. The van der Waals surface area contributed by atoms with Gasteiger partial charge in [-0.2, -0.15) is 0 Å². The van der Waals surface area contributed by atoms with Crippen molar-refractivity contribution in [3.8, 4) is 0 Å². The second kappa shape index (κ2) is 6.00. The number of rotatable bonds is 5. The fourth-order valence-corrected chi connectivity index (χ4v) is 2.44. The van der Waals surface area contributed by atoms with Gasteiger partial charge in [0.15, 0.2) is 5.88 Å². The third-order valence-corrected chi connectivity index (χ3v) is 3.24. The van der Waals surface area contributed by atoms with Crippen molar-refractivity contribution in [1.82, 2.24) is 0 Å². The molecule has 2 nitrogen and oxygen atoms in total. The summed E-state index contributed by atoms with van der Waals surface area (Å²) in [4.78, 5) is 4.32. The number of aliphatic imine (C=N–C) groups is 1. The number of benzene rings is 1. The van der Waals surface area contributed by atoms with E-state index < -0.39 is 8.32 Å². The highest BCUT2D eigenvalue weighted by atomic mass is 28.4. The monoisotopic (exact) mass is 261 g/mol. The maximum Gasteiger partial charge on any atom is 0.244 e. The molecule has 0 saturated heterocycles. The number of hydrogen-bond acceptors (Lipinski definition) is 2. The summed E-state index contributed by atoms with van der Waals surface area (Å²) in [5.41, 5.74) is 2.43. The maximum atomic E-state index is 5.71. The molecule has 1 aromatic rings. The first kappa shape index (κ1) is 14.7. The van der Waals surface area contributed by atoms with Gasteiger partial charge in [0.05, 0.1) is 0 Å². The topological polar surface area (TPSA) is 21.6 Å². The Bertz CT molecular complexity index is 444. The molecule has 0 spiro atoms. The quantitative estimate of drug-likeness (QED) is 0.433. The van der Waals surface area contributed by atoms with Crippen LogP contribution in [-0.4, -0.2) is 14.5 Å². The van der Waals surface area contributed by atoms with Crippen molar-refractivity contribution < 1.29 is 4.43 Å². The zero-order valence-electron chi connectivity index (χ0n) is 12.0. The summed E-state index contributed by atoms with van der Waals surface area (Å²) >= 11 is 0. The van der Waals surface area contributed by atoms with E-state index in [1.165, 1.54) is 5.56 Å². The zero-order chi connectivity index (χ0) is 13.8. The molecule has 0 heterocycles. The van der Waals surface area contributed by atoms with Crippen molar-refractivity contribution in [2.75, 3.05) is 0 Å². The van der Waals surface area contributed by atoms with Gasteiger partial charge in [0.2, 0.25) is 8.32 Å². The molecule has 0 aromatic heterocycles. The van der Waals surface area contributed by atoms with Crippen molar-refractivity contribution >= 4 is 14.5 Å². The Hall–Kier alpha value is -1.35. The summed E-state index contributed by atoms with van der Waals surface area (Å²) < 4.78 is 5.71. The van der Waals surface area contributed by atoms with E-state index in [1.807, 2.05) is 12.3 Å². The summed E-state index contributed by atoms with van der Waals surface area (Å²) in [6.45, 7) is 14.6. The van der Waals surface area contributed by atoms with Crippen LogP contribution in [0.4, 0.5) is 0 Å².